The number of aliphatic hydroxyl groups is 1. The summed E-state index contributed by atoms with van der Waals surface area (Å²) in [5.74, 6) is 0.740. The van der Waals surface area contributed by atoms with E-state index in [4.69, 9.17) is 21.9 Å². The third kappa shape index (κ3) is 4.05. The van der Waals surface area contributed by atoms with Gasteiger partial charge in [0.2, 0.25) is 0 Å². The predicted molar refractivity (Wildman–Crippen MR) is 106 cm³/mol. The van der Waals surface area contributed by atoms with Crippen LogP contribution in [0.3, 0.4) is 0 Å². The van der Waals surface area contributed by atoms with Crippen LogP contribution in [-0.2, 0) is 13.2 Å². The van der Waals surface area contributed by atoms with Crippen molar-refractivity contribution in [1.29, 1.82) is 0 Å². The van der Waals surface area contributed by atoms with E-state index in [0.29, 0.717) is 16.6 Å². The molecule has 0 atom stereocenters. The van der Waals surface area contributed by atoms with Crippen LogP contribution >= 0.6 is 35.8 Å². The van der Waals surface area contributed by atoms with Gasteiger partial charge in [0, 0.05) is 28.8 Å². The van der Waals surface area contributed by atoms with Gasteiger partial charge in [-0.15, -0.1) is 12.4 Å². The Morgan fingerprint density at radius 2 is 2.04 bits per heavy atom. The van der Waals surface area contributed by atoms with Gasteiger partial charge in [-0.05, 0) is 43.2 Å². The molecule has 3 N–H and O–H groups in total. The maximum atomic E-state index is 9.49. The lowest BCUT2D eigenvalue weighted by molar-refractivity contribution is 0.278. The predicted octanol–water partition coefficient (Wildman–Crippen LogP) is 4.53. The minimum Gasteiger partial charge on any atom is -0.392 e. The zero-order valence-electron chi connectivity index (χ0n) is 14.3. The third-order valence-corrected chi connectivity index (χ3v) is 5.54. The normalized spacial score (nSPS) is 10.7. The van der Waals surface area contributed by atoms with Crippen molar-refractivity contribution < 1.29 is 9.63 Å². The van der Waals surface area contributed by atoms with Gasteiger partial charge in [-0.2, -0.15) is 0 Å². The van der Waals surface area contributed by atoms with E-state index in [-0.39, 0.29) is 19.0 Å². The van der Waals surface area contributed by atoms with Gasteiger partial charge >= 0.3 is 0 Å². The lowest BCUT2D eigenvalue weighted by atomic mass is 10.0. The molecular formula is C18H19Cl2N3O2S. The molecule has 0 fully saturated rings. The van der Waals surface area contributed by atoms with Gasteiger partial charge in [-0.3, -0.25) is 0 Å². The van der Waals surface area contributed by atoms with E-state index in [1.54, 1.807) is 12.3 Å². The van der Waals surface area contributed by atoms with Crippen LogP contribution in [-0.4, -0.2) is 15.2 Å². The largest absolute Gasteiger partial charge is 0.392 e. The summed E-state index contributed by atoms with van der Waals surface area (Å²) in [5, 5.41) is 14.8. The highest BCUT2D eigenvalue weighted by molar-refractivity contribution is 7.99. The molecule has 1 aromatic carbocycles. The number of hydrogen-bond acceptors (Lipinski definition) is 6. The molecule has 2 heterocycles. The number of aryl methyl sites for hydroxylation is 2. The van der Waals surface area contributed by atoms with E-state index in [1.807, 2.05) is 32.0 Å². The molecule has 0 bridgehead atoms. The monoisotopic (exact) mass is 411 g/mol. The molecule has 138 valence electrons. The van der Waals surface area contributed by atoms with Gasteiger partial charge in [0.05, 0.1) is 17.3 Å². The topological polar surface area (TPSA) is 85.2 Å². The molecule has 0 saturated carbocycles. The second kappa shape index (κ2) is 8.88. The number of hydrogen-bond donors (Lipinski definition) is 2. The highest BCUT2D eigenvalue weighted by Gasteiger charge is 2.17. The lowest BCUT2D eigenvalue weighted by Crippen LogP contribution is -2.01. The van der Waals surface area contributed by atoms with Crippen molar-refractivity contribution in [2.24, 2.45) is 5.73 Å². The summed E-state index contributed by atoms with van der Waals surface area (Å²) >= 11 is 7.97. The number of nitrogens with two attached hydrogens (primary N) is 1. The maximum absolute atomic E-state index is 9.49. The number of nitrogens with zero attached hydrogens (tertiary/aromatic N) is 2. The van der Waals surface area contributed by atoms with Gasteiger partial charge in [0.1, 0.15) is 10.8 Å². The molecule has 0 saturated heterocycles. The van der Waals surface area contributed by atoms with Gasteiger partial charge in [0.25, 0.3) is 0 Å². The number of halogens is 2. The molecule has 0 aliphatic rings. The Hall–Kier alpha value is -1.57. The van der Waals surface area contributed by atoms with Crippen LogP contribution in [0.2, 0.25) is 5.02 Å². The quantitative estimate of drug-likeness (QED) is 0.641. The second-order valence-electron chi connectivity index (χ2n) is 5.58. The summed E-state index contributed by atoms with van der Waals surface area (Å²) in [7, 11) is 0. The third-order valence-electron chi connectivity index (χ3n) is 3.88. The first-order valence-corrected chi connectivity index (χ1v) is 8.93. The van der Waals surface area contributed by atoms with Crippen molar-refractivity contribution in [1.82, 2.24) is 10.1 Å². The molecule has 0 radical (unpaired) electrons. The smallest absolute Gasteiger partial charge is 0.141 e. The minimum absolute atomic E-state index is 0. The number of benzene rings is 1. The zero-order valence-corrected chi connectivity index (χ0v) is 16.7. The molecule has 2 aromatic heterocycles. The Balaban J connectivity index is 0.00000243. The van der Waals surface area contributed by atoms with Crippen LogP contribution in [0.4, 0.5) is 0 Å². The SMILES string of the molecule is Cc1noc(C)c1-c1cc(Cl)c(Sc2ncccc2CO)c(CN)c1.Cl. The summed E-state index contributed by atoms with van der Waals surface area (Å²) in [5.41, 5.74) is 10.3. The molecule has 0 amide bonds. The molecule has 3 aromatic rings. The fourth-order valence-electron chi connectivity index (χ4n) is 2.69. The van der Waals surface area contributed by atoms with E-state index in [0.717, 1.165) is 38.6 Å². The molecular weight excluding hydrogens is 393 g/mol. The first-order valence-electron chi connectivity index (χ1n) is 7.73. The fraction of sp³-hybridized carbons (Fsp3) is 0.222. The average Bonchev–Trinajstić information content (AvgIpc) is 2.95. The first kappa shape index (κ1) is 20.7. The number of aliphatic hydroxyl groups excluding tert-OH is 1. The van der Waals surface area contributed by atoms with Gasteiger partial charge < -0.3 is 15.4 Å². The Kier molecular flexibility index (Phi) is 7.08. The fourth-order valence-corrected chi connectivity index (χ4v) is 4.04. The van der Waals surface area contributed by atoms with Gasteiger partial charge in [-0.1, -0.05) is 34.6 Å². The number of rotatable bonds is 5. The first-order chi connectivity index (χ1) is 12.0. The Bertz CT molecular complexity index is 896. The summed E-state index contributed by atoms with van der Waals surface area (Å²) in [6, 6.07) is 7.52. The van der Waals surface area contributed by atoms with E-state index in [9.17, 15) is 5.11 Å². The van der Waals surface area contributed by atoms with Crippen molar-refractivity contribution in [3.8, 4) is 11.1 Å². The van der Waals surface area contributed by atoms with Crippen LogP contribution in [0.5, 0.6) is 0 Å². The summed E-state index contributed by atoms with van der Waals surface area (Å²) in [4.78, 5) is 5.18. The van der Waals surface area contributed by atoms with Crippen molar-refractivity contribution in [2.75, 3.05) is 0 Å². The van der Waals surface area contributed by atoms with Crippen molar-refractivity contribution >= 4 is 35.8 Å². The highest BCUT2D eigenvalue weighted by atomic mass is 35.5. The maximum Gasteiger partial charge on any atom is 0.141 e. The molecule has 5 nitrogen and oxygen atoms in total. The van der Waals surface area contributed by atoms with E-state index >= 15 is 0 Å². The molecule has 0 unspecified atom stereocenters. The molecule has 0 spiro atoms. The van der Waals surface area contributed by atoms with Crippen LogP contribution in [0.1, 0.15) is 22.6 Å². The van der Waals surface area contributed by atoms with Crippen molar-refractivity contribution in [3.63, 3.8) is 0 Å². The molecule has 3 rings (SSSR count). The molecule has 26 heavy (non-hydrogen) atoms. The lowest BCUT2D eigenvalue weighted by Gasteiger charge is -2.13. The van der Waals surface area contributed by atoms with E-state index < -0.39 is 0 Å². The van der Waals surface area contributed by atoms with Crippen LogP contribution in [0.15, 0.2) is 44.9 Å². The molecule has 0 aliphatic heterocycles. The van der Waals surface area contributed by atoms with Crippen LogP contribution in [0, 0.1) is 13.8 Å². The summed E-state index contributed by atoms with van der Waals surface area (Å²) < 4.78 is 5.25. The average molecular weight is 412 g/mol. The molecule has 8 heteroatoms. The van der Waals surface area contributed by atoms with Crippen LogP contribution < -0.4 is 5.73 Å². The van der Waals surface area contributed by atoms with Gasteiger partial charge in [0.15, 0.2) is 0 Å². The van der Waals surface area contributed by atoms with E-state index in [2.05, 4.69) is 10.1 Å². The standard InChI is InChI=1S/C18H18ClN3O2S.ClH/c1-10-16(11(2)24-22-10)13-6-14(8-20)17(15(19)7-13)25-18-12(9-23)4-3-5-21-18;/h3-7,23H,8-9,20H2,1-2H3;1H. The van der Waals surface area contributed by atoms with Crippen LogP contribution in [0.25, 0.3) is 11.1 Å². The zero-order chi connectivity index (χ0) is 18.0. The Labute approximate surface area is 167 Å². The van der Waals surface area contributed by atoms with Crippen molar-refractivity contribution in [3.05, 3.63) is 58.1 Å². The molecule has 0 aliphatic carbocycles. The summed E-state index contributed by atoms with van der Waals surface area (Å²) in [6.45, 7) is 4.02. The number of aromatic nitrogens is 2. The van der Waals surface area contributed by atoms with Gasteiger partial charge in [-0.25, -0.2) is 4.98 Å². The Morgan fingerprint density at radius 3 is 2.65 bits per heavy atom. The highest BCUT2D eigenvalue weighted by Crippen LogP contribution is 2.40. The summed E-state index contributed by atoms with van der Waals surface area (Å²) in [6.07, 6.45) is 1.69. The minimum atomic E-state index is -0.0804. The Morgan fingerprint density at radius 1 is 1.27 bits per heavy atom. The number of pyridine rings is 1. The van der Waals surface area contributed by atoms with Crippen molar-refractivity contribution in [2.45, 2.75) is 36.9 Å². The van der Waals surface area contributed by atoms with E-state index in [1.165, 1.54) is 11.8 Å². The second-order valence-corrected chi connectivity index (χ2v) is 6.98.